The number of amides is 1. The van der Waals surface area contributed by atoms with Crippen LogP contribution in [0.3, 0.4) is 0 Å². The Morgan fingerprint density at radius 3 is 2.81 bits per heavy atom. The summed E-state index contributed by atoms with van der Waals surface area (Å²) in [4.78, 5) is 12.6. The van der Waals surface area contributed by atoms with Crippen molar-refractivity contribution >= 4 is 35.1 Å². The monoisotopic (exact) mass is 328 g/mol. The number of aryl methyl sites for hydroxylation is 1. The van der Waals surface area contributed by atoms with Crippen molar-refractivity contribution in [3.8, 4) is 0 Å². The number of hydrogen-bond acceptors (Lipinski definition) is 4. The fourth-order valence-corrected chi connectivity index (χ4v) is 2.51. The van der Waals surface area contributed by atoms with Crippen LogP contribution in [0.1, 0.15) is 29.2 Å². The number of aromatic nitrogens is 2. The molecular weight excluding hydrogens is 315 g/mol. The summed E-state index contributed by atoms with van der Waals surface area (Å²) in [5.74, 6) is -0.328. The number of hydrazone groups is 1. The van der Waals surface area contributed by atoms with Crippen LogP contribution >= 0.6 is 22.9 Å². The van der Waals surface area contributed by atoms with E-state index in [1.54, 1.807) is 31.5 Å². The minimum atomic E-state index is -0.548. The highest BCUT2D eigenvalue weighted by Gasteiger charge is 2.20. The molecule has 0 saturated heterocycles. The van der Waals surface area contributed by atoms with Crippen LogP contribution in [-0.2, 0) is 4.79 Å². The lowest BCUT2D eigenvalue weighted by Gasteiger charge is -2.12. The SMILES string of the molecule is Cc1nn([C@@H](C)C(=O)N/N=C\c2ccc(F)s2)c(C)c1Cl. The van der Waals surface area contributed by atoms with E-state index in [0.29, 0.717) is 15.6 Å². The summed E-state index contributed by atoms with van der Waals surface area (Å²) in [6.07, 6.45) is 1.40. The van der Waals surface area contributed by atoms with Gasteiger partial charge in [0.2, 0.25) is 0 Å². The fourth-order valence-electron chi connectivity index (χ4n) is 1.78. The standard InChI is InChI=1S/C13H14ClFN4OS/c1-7-12(14)8(2)19(18-7)9(3)13(20)17-16-6-10-4-5-11(15)21-10/h4-6,9H,1-3H3,(H,17,20)/b16-6-/t9-/m0/s1. The molecular formula is C13H14ClFN4OS. The Morgan fingerprint density at radius 1 is 1.57 bits per heavy atom. The van der Waals surface area contributed by atoms with Gasteiger partial charge in [0.25, 0.3) is 5.91 Å². The second-order valence-corrected chi connectivity index (χ2v) is 5.92. The van der Waals surface area contributed by atoms with Crippen LogP contribution in [-0.4, -0.2) is 21.9 Å². The van der Waals surface area contributed by atoms with E-state index in [1.165, 1.54) is 12.3 Å². The summed E-state index contributed by atoms with van der Waals surface area (Å²) in [6, 6.07) is 2.38. The fraction of sp³-hybridized carbons (Fsp3) is 0.308. The zero-order valence-electron chi connectivity index (χ0n) is 11.7. The Balaban J connectivity index is 2.02. The molecule has 2 aromatic heterocycles. The number of hydrogen-bond donors (Lipinski definition) is 1. The van der Waals surface area contributed by atoms with Crippen LogP contribution in [0.2, 0.25) is 5.02 Å². The average Bonchev–Trinajstić information content (AvgIpc) is 2.97. The predicted molar refractivity (Wildman–Crippen MR) is 81.4 cm³/mol. The Labute approximate surface area is 130 Å². The van der Waals surface area contributed by atoms with Gasteiger partial charge in [0, 0.05) is 0 Å². The molecule has 0 aromatic carbocycles. The molecule has 8 heteroatoms. The van der Waals surface area contributed by atoms with E-state index >= 15 is 0 Å². The summed E-state index contributed by atoms with van der Waals surface area (Å²) in [5.41, 5.74) is 3.80. The van der Waals surface area contributed by atoms with E-state index in [9.17, 15) is 9.18 Å². The first-order chi connectivity index (χ1) is 9.90. The number of carbonyl (C=O) groups excluding carboxylic acids is 1. The van der Waals surface area contributed by atoms with Gasteiger partial charge in [-0.15, -0.1) is 11.3 Å². The maximum Gasteiger partial charge on any atom is 0.264 e. The Bertz CT molecular complexity index is 694. The second kappa shape index (κ2) is 6.36. The zero-order valence-corrected chi connectivity index (χ0v) is 13.3. The van der Waals surface area contributed by atoms with Crippen molar-refractivity contribution in [1.82, 2.24) is 15.2 Å². The highest BCUT2D eigenvalue weighted by Crippen LogP contribution is 2.22. The number of carbonyl (C=O) groups is 1. The van der Waals surface area contributed by atoms with Gasteiger partial charge in [-0.25, -0.2) is 5.43 Å². The number of halogens is 2. The van der Waals surface area contributed by atoms with E-state index in [-0.39, 0.29) is 11.0 Å². The molecule has 112 valence electrons. The second-order valence-electron chi connectivity index (χ2n) is 4.48. The third kappa shape index (κ3) is 3.48. The molecule has 0 saturated carbocycles. The summed E-state index contributed by atoms with van der Waals surface area (Å²) < 4.78 is 14.3. The summed E-state index contributed by atoms with van der Waals surface area (Å²) in [5, 5.41) is 8.28. The van der Waals surface area contributed by atoms with Crippen LogP contribution in [0, 0.1) is 19.0 Å². The number of nitrogens with one attached hydrogen (secondary N) is 1. The van der Waals surface area contributed by atoms with Gasteiger partial charge in [0.05, 0.1) is 27.5 Å². The molecule has 1 amide bonds. The molecule has 0 aliphatic rings. The summed E-state index contributed by atoms with van der Waals surface area (Å²) >= 11 is 7.00. The lowest BCUT2D eigenvalue weighted by atomic mass is 10.3. The zero-order chi connectivity index (χ0) is 15.6. The molecule has 0 fully saturated rings. The molecule has 0 radical (unpaired) electrons. The van der Waals surface area contributed by atoms with E-state index in [1.807, 2.05) is 0 Å². The van der Waals surface area contributed by atoms with Crippen molar-refractivity contribution < 1.29 is 9.18 Å². The normalized spacial score (nSPS) is 12.8. The number of rotatable bonds is 4. The minimum absolute atomic E-state index is 0.298. The van der Waals surface area contributed by atoms with Crippen LogP contribution in [0.4, 0.5) is 4.39 Å². The van der Waals surface area contributed by atoms with Crippen molar-refractivity contribution in [2.24, 2.45) is 5.10 Å². The first-order valence-electron chi connectivity index (χ1n) is 6.19. The van der Waals surface area contributed by atoms with Crippen molar-refractivity contribution in [1.29, 1.82) is 0 Å². The molecule has 1 atom stereocenters. The van der Waals surface area contributed by atoms with Crippen molar-refractivity contribution in [2.45, 2.75) is 26.8 Å². The van der Waals surface area contributed by atoms with Crippen LogP contribution < -0.4 is 5.43 Å². The lowest BCUT2D eigenvalue weighted by molar-refractivity contribution is -0.124. The van der Waals surface area contributed by atoms with Crippen molar-refractivity contribution in [3.05, 3.63) is 38.6 Å². The molecule has 1 N–H and O–H groups in total. The molecule has 2 aromatic rings. The molecule has 0 aliphatic carbocycles. The Kier molecular flexibility index (Phi) is 4.74. The van der Waals surface area contributed by atoms with E-state index < -0.39 is 6.04 Å². The Morgan fingerprint density at radius 2 is 2.29 bits per heavy atom. The van der Waals surface area contributed by atoms with E-state index in [2.05, 4.69) is 15.6 Å². The molecule has 21 heavy (non-hydrogen) atoms. The molecule has 0 bridgehead atoms. The average molecular weight is 329 g/mol. The molecule has 0 spiro atoms. The van der Waals surface area contributed by atoms with E-state index in [0.717, 1.165) is 17.0 Å². The molecule has 5 nitrogen and oxygen atoms in total. The van der Waals surface area contributed by atoms with Crippen molar-refractivity contribution in [2.75, 3.05) is 0 Å². The van der Waals surface area contributed by atoms with Gasteiger partial charge < -0.3 is 0 Å². The van der Waals surface area contributed by atoms with Crippen molar-refractivity contribution in [3.63, 3.8) is 0 Å². The quantitative estimate of drug-likeness (QED) is 0.692. The van der Waals surface area contributed by atoms with Crippen LogP contribution in [0.15, 0.2) is 17.2 Å². The third-order valence-corrected chi connectivity index (χ3v) is 4.30. The third-order valence-electron chi connectivity index (χ3n) is 2.94. The van der Waals surface area contributed by atoms with Gasteiger partial charge in [-0.1, -0.05) is 11.6 Å². The molecule has 0 unspecified atom stereocenters. The van der Waals surface area contributed by atoms with Gasteiger partial charge in [-0.05, 0) is 32.9 Å². The highest BCUT2D eigenvalue weighted by atomic mass is 35.5. The van der Waals surface area contributed by atoms with E-state index in [4.69, 9.17) is 11.6 Å². The Hall–Kier alpha value is -1.73. The number of nitrogens with zero attached hydrogens (tertiary/aromatic N) is 3. The first kappa shape index (κ1) is 15.7. The first-order valence-corrected chi connectivity index (χ1v) is 7.39. The van der Waals surface area contributed by atoms with Gasteiger partial charge in [0.1, 0.15) is 6.04 Å². The smallest absolute Gasteiger partial charge is 0.264 e. The van der Waals surface area contributed by atoms with Crippen LogP contribution in [0.25, 0.3) is 0 Å². The van der Waals surface area contributed by atoms with Gasteiger partial charge in [-0.2, -0.15) is 14.6 Å². The summed E-state index contributed by atoms with van der Waals surface area (Å²) in [7, 11) is 0. The maximum atomic E-state index is 12.8. The van der Waals surface area contributed by atoms with Gasteiger partial charge >= 0.3 is 0 Å². The summed E-state index contributed by atoms with van der Waals surface area (Å²) in [6.45, 7) is 5.27. The molecule has 2 rings (SSSR count). The van der Waals surface area contributed by atoms with Gasteiger partial charge in [0.15, 0.2) is 5.13 Å². The predicted octanol–water partition coefficient (Wildman–Crippen LogP) is 3.07. The maximum absolute atomic E-state index is 12.8. The minimum Gasteiger partial charge on any atom is -0.271 e. The molecule has 2 heterocycles. The largest absolute Gasteiger partial charge is 0.271 e. The lowest BCUT2D eigenvalue weighted by Crippen LogP contribution is -2.28. The van der Waals surface area contributed by atoms with Crippen LogP contribution in [0.5, 0.6) is 0 Å². The molecule has 0 aliphatic heterocycles. The highest BCUT2D eigenvalue weighted by molar-refractivity contribution is 7.12. The topological polar surface area (TPSA) is 59.3 Å². The van der Waals surface area contributed by atoms with Gasteiger partial charge in [-0.3, -0.25) is 9.48 Å². The number of thiophene rings is 1.